The van der Waals surface area contributed by atoms with E-state index >= 15 is 0 Å². The van der Waals surface area contributed by atoms with Gasteiger partial charge in [0.2, 0.25) is 0 Å². The minimum Gasteiger partial charge on any atom is -0.288 e. The fourth-order valence-electron chi connectivity index (χ4n) is 2.79. The molecule has 0 radical (unpaired) electrons. The summed E-state index contributed by atoms with van der Waals surface area (Å²) in [5, 5.41) is 19.6. The Morgan fingerprint density at radius 1 is 0.903 bits per heavy atom. The highest BCUT2D eigenvalue weighted by atomic mass is 32.2. The number of non-ortho nitro benzene ring substituents is 1. The van der Waals surface area contributed by atoms with Crippen LogP contribution in [-0.2, 0) is 14.8 Å². The predicted molar refractivity (Wildman–Crippen MR) is 114 cm³/mol. The largest absolute Gasteiger partial charge is 0.288 e. The summed E-state index contributed by atoms with van der Waals surface area (Å²) < 4.78 is 27.5. The molecule has 0 atom stereocenters. The predicted octanol–water partition coefficient (Wildman–Crippen LogP) is 3.33. The molecule has 0 aromatic heterocycles. The van der Waals surface area contributed by atoms with Crippen LogP contribution in [0.4, 0.5) is 11.4 Å². The van der Waals surface area contributed by atoms with Gasteiger partial charge in [0, 0.05) is 23.9 Å². The Hall–Kier alpha value is -4.02. The van der Waals surface area contributed by atoms with E-state index in [9.17, 15) is 23.3 Å². The number of amides is 1. The fourth-order valence-corrected chi connectivity index (χ4v) is 3.85. The van der Waals surface area contributed by atoms with E-state index in [-0.39, 0.29) is 16.3 Å². The van der Waals surface area contributed by atoms with Gasteiger partial charge in [0.15, 0.2) is 0 Å². The Morgan fingerprint density at radius 3 is 2.03 bits per heavy atom. The van der Waals surface area contributed by atoms with Crippen LogP contribution in [0.2, 0.25) is 0 Å². The van der Waals surface area contributed by atoms with E-state index in [0.29, 0.717) is 11.1 Å². The maximum Gasteiger partial charge on any atom is 0.269 e. The molecule has 0 aliphatic rings. The van der Waals surface area contributed by atoms with Crippen molar-refractivity contribution >= 4 is 32.9 Å². The molecule has 3 rings (SSSR count). The first-order valence-electron chi connectivity index (χ1n) is 8.89. The van der Waals surface area contributed by atoms with Gasteiger partial charge in [-0.05, 0) is 41.0 Å². The first-order valence-corrected chi connectivity index (χ1v) is 10.4. The number of carbonyl (C=O) groups excluding carboxylic acids is 1. The Morgan fingerprint density at radius 2 is 1.48 bits per heavy atom. The van der Waals surface area contributed by atoms with Crippen LogP contribution >= 0.6 is 0 Å². The molecule has 0 saturated carbocycles. The molecule has 0 fully saturated rings. The third-order valence-corrected chi connectivity index (χ3v) is 5.67. The third kappa shape index (κ3) is 5.32. The topological polar surface area (TPSA) is 139 Å². The van der Waals surface area contributed by atoms with Crippen molar-refractivity contribution in [3.8, 4) is 0 Å². The minimum absolute atomic E-state index is 0.119. The molecule has 0 aliphatic heterocycles. The van der Waals surface area contributed by atoms with Gasteiger partial charge >= 0.3 is 0 Å². The summed E-state index contributed by atoms with van der Waals surface area (Å²) in [7, 11) is -3.95. The maximum atomic E-state index is 12.5. The number of hydrogen-bond acceptors (Lipinski definition) is 6. The molecule has 0 saturated heterocycles. The van der Waals surface area contributed by atoms with Crippen LogP contribution in [0.1, 0.15) is 11.1 Å². The van der Waals surface area contributed by atoms with Crippen molar-refractivity contribution in [3.05, 3.63) is 106 Å². The second-order valence-electron chi connectivity index (χ2n) is 6.33. The van der Waals surface area contributed by atoms with Crippen LogP contribution in [0.3, 0.4) is 0 Å². The Bertz CT molecular complexity index is 1220. The standard InChI is InChI=1S/C21H17N3O6S/c25-21(22-26)14-20(15-4-2-1-3-5-15)16-6-8-17(9-7-16)23-31(29,30)19-12-10-18(11-13-19)24(27)28/h1-14,23,26H,(H,22,25)/b20-14-. The van der Waals surface area contributed by atoms with Gasteiger partial charge in [0.05, 0.1) is 9.82 Å². The lowest BCUT2D eigenvalue weighted by molar-refractivity contribution is -0.384. The van der Waals surface area contributed by atoms with Gasteiger partial charge in [-0.3, -0.25) is 24.8 Å². The van der Waals surface area contributed by atoms with Gasteiger partial charge in [-0.1, -0.05) is 42.5 Å². The van der Waals surface area contributed by atoms with Gasteiger partial charge in [-0.15, -0.1) is 0 Å². The number of nitrogens with zero attached hydrogens (tertiary/aromatic N) is 1. The number of nitro benzene ring substituents is 1. The SMILES string of the molecule is O=C(/C=C(/c1ccccc1)c1ccc(NS(=O)(=O)c2ccc([N+](=O)[O-])cc2)cc1)NO. The molecule has 1 amide bonds. The summed E-state index contributed by atoms with van der Waals surface area (Å²) in [5.41, 5.74) is 3.48. The molecule has 0 aliphatic carbocycles. The van der Waals surface area contributed by atoms with Crippen LogP contribution in [0.15, 0.2) is 89.8 Å². The summed E-state index contributed by atoms with van der Waals surface area (Å²) in [6.45, 7) is 0. The zero-order chi connectivity index (χ0) is 22.4. The number of hydroxylamine groups is 1. The molecule has 3 aromatic rings. The molecular weight excluding hydrogens is 422 g/mol. The first-order chi connectivity index (χ1) is 14.8. The number of nitrogens with one attached hydrogen (secondary N) is 2. The molecule has 3 N–H and O–H groups in total. The van der Waals surface area contributed by atoms with E-state index in [4.69, 9.17) is 5.21 Å². The van der Waals surface area contributed by atoms with Crippen molar-refractivity contribution in [1.82, 2.24) is 5.48 Å². The van der Waals surface area contributed by atoms with Crippen molar-refractivity contribution < 1.29 is 23.3 Å². The van der Waals surface area contributed by atoms with Crippen LogP contribution in [-0.4, -0.2) is 24.5 Å². The lowest BCUT2D eigenvalue weighted by Gasteiger charge is -2.11. The Balaban J connectivity index is 1.86. The maximum absolute atomic E-state index is 12.5. The quantitative estimate of drug-likeness (QED) is 0.223. The zero-order valence-corrected chi connectivity index (χ0v) is 16.7. The normalized spacial score (nSPS) is 11.6. The van der Waals surface area contributed by atoms with Crippen molar-refractivity contribution in [2.45, 2.75) is 4.90 Å². The highest BCUT2D eigenvalue weighted by Gasteiger charge is 2.16. The third-order valence-electron chi connectivity index (χ3n) is 4.28. The van der Waals surface area contributed by atoms with Gasteiger partial charge in [0.1, 0.15) is 0 Å². The molecule has 31 heavy (non-hydrogen) atoms. The van der Waals surface area contributed by atoms with Gasteiger partial charge in [-0.25, -0.2) is 13.9 Å². The van der Waals surface area contributed by atoms with Crippen LogP contribution < -0.4 is 10.2 Å². The molecule has 10 heteroatoms. The van der Waals surface area contributed by atoms with E-state index in [1.165, 1.54) is 18.2 Å². The molecule has 0 heterocycles. The molecule has 9 nitrogen and oxygen atoms in total. The smallest absolute Gasteiger partial charge is 0.269 e. The van der Waals surface area contributed by atoms with Gasteiger partial charge in [0.25, 0.3) is 21.6 Å². The summed E-state index contributed by atoms with van der Waals surface area (Å²) in [4.78, 5) is 21.7. The van der Waals surface area contributed by atoms with Gasteiger partial charge in [-0.2, -0.15) is 0 Å². The zero-order valence-electron chi connectivity index (χ0n) is 15.9. The van der Waals surface area contributed by atoms with Crippen molar-refractivity contribution in [1.29, 1.82) is 0 Å². The summed E-state index contributed by atoms with van der Waals surface area (Å²) >= 11 is 0. The molecular formula is C21H17N3O6S. The number of nitro groups is 1. The lowest BCUT2D eigenvalue weighted by atomic mass is 9.97. The average molecular weight is 439 g/mol. The number of anilines is 1. The molecule has 0 unspecified atom stereocenters. The Kier molecular flexibility index (Phi) is 6.43. The van der Waals surface area contributed by atoms with Crippen molar-refractivity contribution in [2.75, 3.05) is 4.72 Å². The lowest BCUT2D eigenvalue weighted by Crippen LogP contribution is -2.16. The van der Waals surface area contributed by atoms with Crippen LogP contribution in [0.25, 0.3) is 5.57 Å². The number of carbonyl (C=O) groups is 1. The number of benzene rings is 3. The average Bonchev–Trinajstić information content (AvgIpc) is 2.78. The Labute approximate surface area is 177 Å². The molecule has 0 bridgehead atoms. The van der Waals surface area contributed by atoms with E-state index in [1.807, 2.05) is 6.07 Å². The highest BCUT2D eigenvalue weighted by Crippen LogP contribution is 2.26. The van der Waals surface area contributed by atoms with Crippen molar-refractivity contribution in [2.24, 2.45) is 0 Å². The second kappa shape index (κ2) is 9.20. The summed E-state index contributed by atoms with van der Waals surface area (Å²) in [5.74, 6) is -0.707. The van der Waals surface area contributed by atoms with E-state index in [2.05, 4.69) is 4.72 Å². The molecule has 0 spiro atoms. The van der Waals surface area contributed by atoms with Gasteiger partial charge < -0.3 is 0 Å². The fraction of sp³-hybridized carbons (Fsp3) is 0. The van der Waals surface area contributed by atoms with Crippen LogP contribution in [0, 0.1) is 10.1 Å². The number of rotatable bonds is 7. The second-order valence-corrected chi connectivity index (χ2v) is 8.02. The van der Waals surface area contributed by atoms with E-state index < -0.39 is 20.9 Å². The van der Waals surface area contributed by atoms with Crippen molar-refractivity contribution in [3.63, 3.8) is 0 Å². The first kappa shape index (κ1) is 21.7. The molecule has 3 aromatic carbocycles. The number of sulfonamides is 1. The highest BCUT2D eigenvalue weighted by molar-refractivity contribution is 7.92. The van der Waals surface area contributed by atoms with E-state index in [0.717, 1.165) is 29.8 Å². The minimum atomic E-state index is -3.95. The monoisotopic (exact) mass is 439 g/mol. The summed E-state index contributed by atoms with van der Waals surface area (Å²) in [6, 6.07) is 19.8. The van der Waals surface area contributed by atoms with E-state index in [1.54, 1.807) is 41.9 Å². The number of hydrogen-bond donors (Lipinski definition) is 3. The summed E-state index contributed by atoms with van der Waals surface area (Å²) in [6.07, 6.45) is 1.23. The molecule has 158 valence electrons. The van der Waals surface area contributed by atoms with Crippen LogP contribution in [0.5, 0.6) is 0 Å².